The number of nitrogens with zero attached hydrogens (tertiary/aromatic N) is 5. The number of pyridine rings is 1. The summed E-state index contributed by atoms with van der Waals surface area (Å²) in [5.74, 6) is 4.82. The molecule has 0 aliphatic heterocycles. The number of fused-ring (bicyclic) bond motifs is 2. The maximum Gasteiger partial charge on any atom is 0.168 e. The number of halogens is 1. The van der Waals surface area contributed by atoms with Gasteiger partial charge in [0.2, 0.25) is 0 Å². The zero-order valence-corrected chi connectivity index (χ0v) is 67.2. The van der Waals surface area contributed by atoms with Gasteiger partial charge in [0.15, 0.2) is 12.4 Å². The zero-order chi connectivity index (χ0) is 74.2. The first-order chi connectivity index (χ1) is 50.5. The molecule has 0 amide bonds. The first kappa shape index (κ1) is 83.3. The molecule has 0 fully saturated rings. The molecule has 0 unspecified atom stereocenters. The van der Waals surface area contributed by atoms with E-state index in [4.69, 9.17) is 15.7 Å². The van der Waals surface area contributed by atoms with E-state index < -0.39 is 0 Å². The lowest BCUT2D eigenvalue weighted by Gasteiger charge is -2.22. The van der Waals surface area contributed by atoms with E-state index in [0.29, 0.717) is 35.5 Å². The van der Waals surface area contributed by atoms with Gasteiger partial charge in [0.25, 0.3) is 0 Å². The molecule has 0 aliphatic rings. The Morgan fingerprint density at radius 2 is 0.686 bits per heavy atom. The van der Waals surface area contributed by atoms with Crippen LogP contribution in [0.4, 0.5) is 5.69 Å². The number of nitrogens with two attached hydrogens (primary N) is 1. The molecule has 105 heavy (non-hydrogen) atoms. The van der Waals surface area contributed by atoms with E-state index in [0.717, 1.165) is 68.8 Å². The predicted octanol–water partition coefficient (Wildman–Crippen LogP) is 23.9. The van der Waals surface area contributed by atoms with Crippen molar-refractivity contribution in [1.29, 1.82) is 0 Å². The number of carbonyl (C=O) groups excluding carboxylic acids is 1. The van der Waals surface area contributed by atoms with Gasteiger partial charge in [0.05, 0.1) is 33.4 Å². The molecule has 0 saturated heterocycles. The van der Waals surface area contributed by atoms with Gasteiger partial charge >= 0.3 is 0 Å². The van der Waals surface area contributed by atoms with E-state index in [1.165, 1.54) is 152 Å². The van der Waals surface area contributed by atoms with Crippen molar-refractivity contribution in [2.45, 2.75) is 228 Å². The molecule has 0 saturated carbocycles. The summed E-state index contributed by atoms with van der Waals surface area (Å²) in [5, 5.41) is 0. The van der Waals surface area contributed by atoms with Crippen molar-refractivity contribution >= 4 is 34.0 Å². The number of aromatic nitrogens is 5. The van der Waals surface area contributed by atoms with E-state index >= 15 is 0 Å². The molecule has 0 radical (unpaired) electrons. The van der Waals surface area contributed by atoms with Crippen LogP contribution in [0.1, 0.15) is 270 Å². The molecule has 7 nitrogen and oxygen atoms in total. The molecule has 8 heteroatoms. The highest BCUT2D eigenvalue weighted by molar-refractivity contribution is 5.86. The number of hydrogen-bond donors (Lipinski definition) is 1. The van der Waals surface area contributed by atoms with Gasteiger partial charge in [-0.3, -0.25) is 13.9 Å². The molecule has 0 aliphatic carbocycles. The third-order valence-electron chi connectivity index (χ3n) is 19.7. The molecule has 9 aromatic carbocycles. The Morgan fingerprint density at radius 1 is 0.362 bits per heavy atom. The van der Waals surface area contributed by atoms with Gasteiger partial charge in [-0.25, -0.2) is 14.5 Å². The second-order valence-electron chi connectivity index (χ2n) is 29.8. The van der Waals surface area contributed by atoms with Crippen molar-refractivity contribution < 1.29 is 26.3 Å². The maximum absolute atomic E-state index is 10.0. The molecule has 0 spiro atoms. The molecule has 12 aromatic rings. The fraction of sp³-hybridized carbons (Fsp3) is 0.361. The minimum absolute atomic E-state index is 0. The first-order valence-corrected chi connectivity index (χ1v) is 39.2. The largest absolute Gasteiger partial charge is 1.00 e. The fourth-order valence-corrected chi connectivity index (χ4v) is 14.0. The highest BCUT2D eigenvalue weighted by Gasteiger charge is 2.24. The lowest BCUT2D eigenvalue weighted by atomic mass is 9.85. The van der Waals surface area contributed by atoms with Gasteiger partial charge in [-0.2, -0.15) is 0 Å². The van der Waals surface area contributed by atoms with Crippen LogP contribution >= 0.6 is 0 Å². The summed E-state index contributed by atoms with van der Waals surface area (Å²) in [6.45, 7) is 30.7. The molecule has 3 aromatic heterocycles. The summed E-state index contributed by atoms with van der Waals surface area (Å²) >= 11 is 0. The third-order valence-corrected chi connectivity index (χ3v) is 19.7. The van der Waals surface area contributed by atoms with E-state index in [1.54, 1.807) is 12.1 Å². The third kappa shape index (κ3) is 24.3. The highest BCUT2D eigenvalue weighted by Crippen LogP contribution is 2.40. The molecule has 12 rings (SSSR count). The molecular weight excluding hydrogens is 1350 g/mol. The Balaban J connectivity index is 0.000000189. The fourth-order valence-electron chi connectivity index (χ4n) is 14.0. The van der Waals surface area contributed by atoms with E-state index in [-0.39, 0.29) is 17.0 Å². The number of carbonyl (C=O) groups is 1. The van der Waals surface area contributed by atoms with E-state index in [1.807, 2.05) is 30.3 Å². The lowest BCUT2D eigenvalue weighted by Crippen LogP contribution is -3.00. The number of benzene rings is 9. The smallest absolute Gasteiger partial charge is 0.168 e. The van der Waals surface area contributed by atoms with Crippen molar-refractivity contribution in [3.63, 3.8) is 0 Å². The van der Waals surface area contributed by atoms with Crippen molar-refractivity contribution in [1.82, 2.24) is 19.1 Å². The van der Waals surface area contributed by atoms with Crippen LogP contribution in [0, 0.1) is 0 Å². The van der Waals surface area contributed by atoms with Gasteiger partial charge in [-0.05, 0) is 117 Å². The molecule has 0 atom stereocenters. The van der Waals surface area contributed by atoms with Crippen LogP contribution < -0.4 is 27.3 Å². The first-order valence-electron chi connectivity index (χ1n) is 39.2. The quantitative estimate of drug-likeness (QED) is 0.0229. The minimum atomic E-state index is 0. The second-order valence-corrected chi connectivity index (χ2v) is 29.8. The average Bonchev–Trinajstić information content (AvgIpc) is 1.63. The number of nitrogen functional groups attached to an aromatic ring is 1. The van der Waals surface area contributed by atoms with Crippen LogP contribution in [0.3, 0.4) is 0 Å². The summed E-state index contributed by atoms with van der Waals surface area (Å²) in [6, 6.07) is 81.6. The summed E-state index contributed by atoms with van der Waals surface area (Å²) in [6.07, 6.45) is 26.2. The van der Waals surface area contributed by atoms with Crippen LogP contribution in [0.2, 0.25) is 0 Å². The van der Waals surface area contributed by atoms with E-state index in [9.17, 15) is 4.79 Å². The van der Waals surface area contributed by atoms with Crippen LogP contribution in [-0.4, -0.2) is 25.4 Å². The number of anilines is 1. The van der Waals surface area contributed by atoms with Crippen LogP contribution in [0.5, 0.6) is 0 Å². The van der Waals surface area contributed by atoms with Crippen molar-refractivity contribution in [2.75, 3.05) is 5.73 Å². The monoisotopic (exact) mass is 1460 g/mol. The standard InChI is InChI=1S/2C25H26N2.C21H38N.C19H25N.C7H6O.BrH/c2*1-17(2)20-13-10-14-21(18(3)4)24(20)27-23-16-9-8-15-22(23)26-25(27)19-11-6-5-7-12-19;1-2-3-4-5-6-7-8-9-10-11-12-13-14-16-19-22-20-17-15-18-21-22;1-13(2)16-9-7-10-17(14(3)4)18(16)12-15-8-5-6-11-19(15)20;8-6-7-4-2-1-3-5-7;/h2*5-18H,1-4H3;15,17-18,20-21H,2-14,16,19H2,1H3;5-11,13-14H,12,20H2,1-4H3;1-6H;1H/q;;+1;;;/p-1. The average molecular weight is 1470 g/mol. The van der Waals surface area contributed by atoms with Crippen LogP contribution in [-0.2, 0) is 13.0 Å². The molecule has 3 heterocycles. The van der Waals surface area contributed by atoms with Gasteiger partial charge in [0, 0.05) is 47.4 Å². The number of imidazole rings is 2. The van der Waals surface area contributed by atoms with Crippen molar-refractivity contribution in [2.24, 2.45) is 0 Å². The maximum atomic E-state index is 10.0. The predicted molar refractivity (Wildman–Crippen MR) is 446 cm³/mol. The number of rotatable bonds is 28. The Kier molecular flexibility index (Phi) is 35.0. The van der Waals surface area contributed by atoms with Gasteiger partial charge in [0.1, 0.15) is 24.5 Å². The Labute approximate surface area is 642 Å². The normalized spacial score (nSPS) is 11.1. The zero-order valence-electron chi connectivity index (χ0n) is 65.6. The number of aryl methyl sites for hydroxylation is 1. The van der Waals surface area contributed by atoms with Gasteiger partial charge < -0.3 is 22.7 Å². The summed E-state index contributed by atoms with van der Waals surface area (Å²) in [4.78, 5) is 20.1. The number of unbranched alkanes of at least 4 members (excludes halogenated alkanes) is 13. The second kappa shape index (κ2) is 44.1. The minimum Gasteiger partial charge on any atom is -1.00 e. The van der Waals surface area contributed by atoms with Crippen LogP contribution in [0.15, 0.2) is 249 Å². The summed E-state index contributed by atoms with van der Waals surface area (Å²) in [7, 11) is 0. The van der Waals surface area contributed by atoms with E-state index in [2.05, 4.69) is 310 Å². The molecular formula is C97H121BrN6O. The Hall–Kier alpha value is -8.98. The molecule has 552 valence electrons. The van der Waals surface area contributed by atoms with Gasteiger partial charge in [-0.1, -0.05) is 361 Å². The number of hydrogen-bond acceptors (Lipinski definition) is 4. The topological polar surface area (TPSA) is 82.6 Å². The van der Waals surface area contributed by atoms with Crippen molar-refractivity contribution in [3.8, 4) is 34.2 Å². The molecule has 0 bridgehead atoms. The number of para-hydroxylation sites is 7. The SMILES string of the molecule is CC(C)c1cccc(C(C)C)c1-n1c(-c2ccccc2)nc2ccccc21.CC(C)c1cccc(C(C)C)c1-n1c(-c2ccccc2)nc2ccccc21.CC(C)c1cccc(C(C)C)c1Cc1ccccc1N.CCCCCCCCCCCCCCCC[n+]1ccccc1.O=Cc1ccccc1.[Br-]. The summed E-state index contributed by atoms with van der Waals surface area (Å²) < 4.78 is 7.03. The Morgan fingerprint density at radius 3 is 1.05 bits per heavy atom. The lowest BCUT2D eigenvalue weighted by molar-refractivity contribution is -0.697. The number of aldehydes is 1. The van der Waals surface area contributed by atoms with Crippen LogP contribution in [0.25, 0.3) is 56.2 Å². The Bertz CT molecular complexity index is 4200. The molecule has 2 N–H and O–H groups in total. The van der Waals surface area contributed by atoms with Gasteiger partial charge in [-0.15, -0.1) is 0 Å². The van der Waals surface area contributed by atoms with Crippen molar-refractivity contribution in [3.05, 3.63) is 299 Å². The summed E-state index contributed by atoms with van der Waals surface area (Å²) in [5.41, 5.74) is 28.0. The highest BCUT2D eigenvalue weighted by atomic mass is 79.9.